The fourth-order valence-electron chi connectivity index (χ4n) is 8.41. The second-order valence-electron chi connectivity index (χ2n) is 17.3. The molecule has 1 aromatic carbocycles. The molecular formula is C51H97N. The summed E-state index contributed by atoms with van der Waals surface area (Å²) in [4.78, 5) is 0. The smallest absolute Gasteiger partial charge is 0.0178 e. The average Bonchev–Trinajstić information content (AvgIpc) is 3.16. The summed E-state index contributed by atoms with van der Waals surface area (Å²) in [6.45, 7) is 5.30. The highest BCUT2D eigenvalue weighted by Gasteiger charge is 2.03. The lowest BCUT2D eigenvalue weighted by atomic mass is 9.97. The predicted molar refractivity (Wildman–Crippen MR) is 238 cm³/mol. The third kappa shape index (κ3) is 34.9. The van der Waals surface area contributed by atoms with Crippen LogP contribution in [0.5, 0.6) is 0 Å². The van der Waals surface area contributed by atoms with Gasteiger partial charge in [-0.2, -0.15) is 0 Å². The quantitative estimate of drug-likeness (QED) is 0.0667. The van der Waals surface area contributed by atoms with Gasteiger partial charge in [-0.05, 0) is 42.4 Å². The first kappa shape index (κ1) is 49.2. The molecule has 2 N–H and O–H groups in total. The molecule has 0 unspecified atom stereocenters. The van der Waals surface area contributed by atoms with Crippen molar-refractivity contribution in [3.63, 3.8) is 0 Å². The summed E-state index contributed by atoms with van der Waals surface area (Å²) >= 11 is 0. The Hall–Kier alpha value is -0.820. The van der Waals surface area contributed by atoms with E-state index in [1.165, 1.54) is 286 Å². The average molecular weight is 724 g/mol. The van der Waals surface area contributed by atoms with Crippen LogP contribution < -0.4 is 5.73 Å². The molecule has 0 aromatic heterocycles. The van der Waals surface area contributed by atoms with Crippen molar-refractivity contribution in [2.45, 2.75) is 290 Å². The zero-order valence-corrected chi connectivity index (χ0v) is 36.2. The van der Waals surface area contributed by atoms with Crippen LogP contribution in [0.15, 0.2) is 18.2 Å². The van der Waals surface area contributed by atoms with E-state index in [1.807, 2.05) is 0 Å². The van der Waals surface area contributed by atoms with Crippen molar-refractivity contribution in [1.29, 1.82) is 0 Å². The Morgan fingerprint density at radius 2 is 0.423 bits per heavy atom. The van der Waals surface area contributed by atoms with Gasteiger partial charge >= 0.3 is 0 Å². The molecule has 1 heteroatoms. The molecule has 0 spiro atoms. The van der Waals surface area contributed by atoms with Crippen LogP contribution in [-0.2, 0) is 19.4 Å². The van der Waals surface area contributed by atoms with Gasteiger partial charge in [0.1, 0.15) is 0 Å². The minimum atomic E-state index is 0.680. The first-order chi connectivity index (χ1) is 25.8. The van der Waals surface area contributed by atoms with Crippen LogP contribution >= 0.6 is 0 Å². The molecule has 0 saturated heterocycles. The Balaban J connectivity index is 1.90. The highest BCUT2D eigenvalue weighted by Crippen LogP contribution is 2.19. The SMILES string of the molecule is CCCCCCCCCCCCCCCCCCCCCCc1cc(CN)cc(CCCCCCCCCCCCCCCCCCCCCC)c1. The van der Waals surface area contributed by atoms with Crippen LogP contribution in [0.3, 0.4) is 0 Å². The van der Waals surface area contributed by atoms with Gasteiger partial charge in [0.25, 0.3) is 0 Å². The van der Waals surface area contributed by atoms with E-state index < -0.39 is 0 Å². The van der Waals surface area contributed by atoms with Crippen molar-refractivity contribution >= 4 is 0 Å². The summed E-state index contributed by atoms with van der Waals surface area (Å²) in [6.07, 6.45) is 60.4. The normalized spacial score (nSPS) is 11.6. The van der Waals surface area contributed by atoms with Crippen molar-refractivity contribution in [3.05, 3.63) is 34.9 Å². The number of hydrogen-bond donors (Lipinski definition) is 1. The second kappa shape index (κ2) is 41.3. The Morgan fingerprint density at radius 3 is 0.615 bits per heavy atom. The summed E-state index contributed by atoms with van der Waals surface area (Å²) < 4.78 is 0. The van der Waals surface area contributed by atoms with Crippen LogP contribution in [0.4, 0.5) is 0 Å². The predicted octanol–water partition coefficient (Wildman–Crippen LogP) is 17.9. The van der Waals surface area contributed by atoms with E-state index in [0.717, 1.165) is 0 Å². The first-order valence-corrected chi connectivity index (χ1v) is 24.6. The Kier molecular flexibility index (Phi) is 39.1. The molecule has 52 heavy (non-hydrogen) atoms. The van der Waals surface area contributed by atoms with Crippen LogP contribution in [0.25, 0.3) is 0 Å². The summed E-state index contributed by atoms with van der Waals surface area (Å²) in [5, 5.41) is 0. The van der Waals surface area contributed by atoms with Crippen molar-refractivity contribution in [2.24, 2.45) is 5.73 Å². The third-order valence-electron chi connectivity index (χ3n) is 12.0. The van der Waals surface area contributed by atoms with E-state index in [4.69, 9.17) is 5.73 Å². The zero-order valence-electron chi connectivity index (χ0n) is 36.2. The second-order valence-corrected chi connectivity index (χ2v) is 17.3. The maximum atomic E-state index is 6.10. The zero-order chi connectivity index (χ0) is 37.3. The minimum absolute atomic E-state index is 0.680. The molecular weight excluding hydrogens is 627 g/mol. The number of benzene rings is 1. The Labute approximate surface area is 329 Å². The van der Waals surface area contributed by atoms with Gasteiger partial charge in [0, 0.05) is 6.54 Å². The van der Waals surface area contributed by atoms with E-state index in [2.05, 4.69) is 32.0 Å². The van der Waals surface area contributed by atoms with Crippen molar-refractivity contribution in [1.82, 2.24) is 0 Å². The molecule has 0 atom stereocenters. The van der Waals surface area contributed by atoms with E-state index in [9.17, 15) is 0 Å². The molecule has 0 amide bonds. The van der Waals surface area contributed by atoms with Gasteiger partial charge in [0.2, 0.25) is 0 Å². The topological polar surface area (TPSA) is 26.0 Å². The fraction of sp³-hybridized carbons (Fsp3) is 0.882. The highest BCUT2D eigenvalue weighted by atomic mass is 14.5. The van der Waals surface area contributed by atoms with E-state index >= 15 is 0 Å². The van der Waals surface area contributed by atoms with E-state index in [1.54, 1.807) is 0 Å². The van der Waals surface area contributed by atoms with Gasteiger partial charge in [0.05, 0.1) is 0 Å². The Morgan fingerprint density at radius 1 is 0.250 bits per heavy atom. The van der Waals surface area contributed by atoms with Crippen molar-refractivity contribution < 1.29 is 0 Å². The van der Waals surface area contributed by atoms with Crippen LogP contribution in [0.1, 0.15) is 287 Å². The maximum absolute atomic E-state index is 6.10. The van der Waals surface area contributed by atoms with Gasteiger partial charge in [-0.25, -0.2) is 0 Å². The fourth-order valence-corrected chi connectivity index (χ4v) is 8.41. The molecule has 306 valence electrons. The molecule has 0 bridgehead atoms. The van der Waals surface area contributed by atoms with Gasteiger partial charge in [-0.15, -0.1) is 0 Å². The van der Waals surface area contributed by atoms with Gasteiger partial charge in [-0.3, -0.25) is 0 Å². The van der Waals surface area contributed by atoms with Gasteiger partial charge in [-0.1, -0.05) is 276 Å². The van der Waals surface area contributed by atoms with Crippen LogP contribution in [-0.4, -0.2) is 0 Å². The van der Waals surface area contributed by atoms with Crippen molar-refractivity contribution in [3.8, 4) is 0 Å². The molecule has 1 nitrogen and oxygen atoms in total. The minimum Gasteiger partial charge on any atom is -0.326 e. The molecule has 0 aliphatic rings. The Bertz CT molecular complexity index is 751. The molecule has 0 aliphatic carbocycles. The van der Waals surface area contributed by atoms with Gasteiger partial charge in [0.15, 0.2) is 0 Å². The summed E-state index contributed by atoms with van der Waals surface area (Å²) in [5.41, 5.74) is 10.5. The molecule has 1 rings (SSSR count). The van der Waals surface area contributed by atoms with E-state index in [-0.39, 0.29) is 0 Å². The standard InChI is InChI=1S/C51H97N/c1-3-5-7-9-11-13-15-17-19-21-23-25-27-29-31-33-35-37-39-41-43-49-45-50(47-51(46-49)48-52)44-42-40-38-36-34-32-30-28-26-24-22-20-18-16-14-12-10-8-6-4-2/h45-47H,3-44,48,52H2,1-2H3. The number of hydrogen-bond acceptors (Lipinski definition) is 1. The number of nitrogens with two attached hydrogens (primary N) is 1. The number of aryl methyl sites for hydroxylation is 2. The highest BCUT2D eigenvalue weighted by molar-refractivity contribution is 5.30. The summed E-state index contributed by atoms with van der Waals surface area (Å²) in [5.74, 6) is 0. The summed E-state index contributed by atoms with van der Waals surface area (Å²) in [6, 6.07) is 7.27. The molecule has 0 fully saturated rings. The first-order valence-electron chi connectivity index (χ1n) is 24.6. The monoisotopic (exact) mass is 724 g/mol. The van der Waals surface area contributed by atoms with E-state index in [0.29, 0.717) is 6.54 Å². The van der Waals surface area contributed by atoms with Crippen LogP contribution in [0, 0.1) is 0 Å². The lowest BCUT2D eigenvalue weighted by Crippen LogP contribution is -2.00. The van der Waals surface area contributed by atoms with Crippen molar-refractivity contribution in [2.75, 3.05) is 0 Å². The lowest BCUT2D eigenvalue weighted by Gasteiger charge is -2.10. The lowest BCUT2D eigenvalue weighted by molar-refractivity contribution is 0.521. The summed E-state index contributed by atoms with van der Waals surface area (Å²) in [7, 11) is 0. The van der Waals surface area contributed by atoms with Crippen LogP contribution in [0.2, 0.25) is 0 Å². The largest absolute Gasteiger partial charge is 0.326 e. The molecule has 0 heterocycles. The molecule has 0 saturated carbocycles. The third-order valence-corrected chi connectivity index (χ3v) is 12.0. The number of unbranched alkanes of at least 4 members (excludes halogenated alkanes) is 38. The maximum Gasteiger partial charge on any atom is 0.0178 e. The number of rotatable bonds is 43. The molecule has 1 aromatic rings. The molecule has 0 radical (unpaired) electrons. The van der Waals surface area contributed by atoms with Gasteiger partial charge < -0.3 is 5.73 Å². The molecule has 0 aliphatic heterocycles.